The number of likely N-dealkylation sites (tertiary alicyclic amines) is 1. The van der Waals surface area contributed by atoms with Crippen LogP contribution in [0.25, 0.3) is 0 Å². The molecule has 46 heavy (non-hydrogen) atoms. The molecular formula is C38H62N2O6. The monoisotopic (exact) mass is 642 g/mol. The van der Waals surface area contributed by atoms with Gasteiger partial charge < -0.3 is 34.3 Å². The van der Waals surface area contributed by atoms with E-state index in [9.17, 15) is 9.90 Å². The predicted molar refractivity (Wildman–Crippen MR) is 175 cm³/mol. The van der Waals surface area contributed by atoms with Crippen LogP contribution in [0.5, 0.6) is 0 Å². The molecule has 3 aliphatic heterocycles. The van der Waals surface area contributed by atoms with Crippen molar-refractivity contribution < 1.29 is 28.8 Å². The Morgan fingerprint density at radius 3 is 2.43 bits per heavy atom. The highest BCUT2D eigenvalue weighted by atomic mass is 16.7. The normalized spacial score (nSPS) is 52.7. The number of hydrogen-bond donors (Lipinski definition) is 2. The summed E-state index contributed by atoms with van der Waals surface area (Å²) in [4.78, 5) is 14.7. The smallest absolute Gasteiger partial charge is 0.410 e. The standard InChI is InChI=1S/C38H62N2O6/c1-22(2)30(46-33(42)40-16-8-17-40)24-19-23(3)29-31(44-24)32(41)36(7)26-10-9-25-34(4,5)27(45-28-20-39-15-18-43-28)11-12-37(25)21-38(26,37)14-13-35(29,36)6/h22-32,39,41H,8-21H2,1-7H3/t23-,24-,25+,26+,27+,28+,29+,30-,31+,32+,35-,36-,37-,38+/m1/s1. The van der Waals surface area contributed by atoms with E-state index < -0.39 is 6.10 Å². The Balaban J connectivity index is 1.04. The van der Waals surface area contributed by atoms with Crippen LogP contribution >= 0.6 is 0 Å². The van der Waals surface area contributed by atoms with Crippen molar-refractivity contribution >= 4 is 6.09 Å². The molecule has 8 rings (SSSR count). The number of morpholine rings is 1. The molecule has 5 saturated carbocycles. The van der Waals surface area contributed by atoms with Crippen molar-refractivity contribution in [1.29, 1.82) is 0 Å². The second-order valence-electron chi connectivity index (χ2n) is 18.6. The number of nitrogens with one attached hydrogen (secondary N) is 1. The van der Waals surface area contributed by atoms with Gasteiger partial charge in [0.25, 0.3) is 0 Å². The molecule has 3 saturated heterocycles. The number of rotatable bonds is 5. The van der Waals surface area contributed by atoms with Crippen LogP contribution in [0.4, 0.5) is 4.79 Å². The van der Waals surface area contributed by atoms with Crippen LogP contribution in [0.15, 0.2) is 0 Å². The number of fused-ring (bicyclic) bond motifs is 4. The highest BCUT2D eigenvalue weighted by Gasteiger charge is 2.84. The van der Waals surface area contributed by atoms with Crippen molar-refractivity contribution in [3.63, 3.8) is 0 Å². The number of carbonyl (C=O) groups is 1. The molecule has 3 heterocycles. The van der Waals surface area contributed by atoms with Gasteiger partial charge in [-0.1, -0.05) is 48.5 Å². The molecule has 8 nitrogen and oxygen atoms in total. The van der Waals surface area contributed by atoms with Crippen LogP contribution in [-0.4, -0.2) is 85.7 Å². The molecule has 260 valence electrons. The van der Waals surface area contributed by atoms with E-state index in [2.05, 4.69) is 53.8 Å². The van der Waals surface area contributed by atoms with Crippen LogP contribution in [0.2, 0.25) is 0 Å². The van der Waals surface area contributed by atoms with E-state index >= 15 is 0 Å². The molecule has 0 bridgehead atoms. The lowest BCUT2D eigenvalue weighted by atomic mass is 9.41. The van der Waals surface area contributed by atoms with Gasteiger partial charge in [0.15, 0.2) is 6.29 Å². The number of ether oxygens (including phenoxy) is 4. The summed E-state index contributed by atoms with van der Waals surface area (Å²) >= 11 is 0. The fourth-order valence-corrected chi connectivity index (χ4v) is 13.9. The maximum absolute atomic E-state index is 12.9. The van der Waals surface area contributed by atoms with Gasteiger partial charge in [-0.15, -0.1) is 0 Å². The van der Waals surface area contributed by atoms with Gasteiger partial charge >= 0.3 is 6.09 Å². The maximum Gasteiger partial charge on any atom is 0.410 e. The molecule has 0 aromatic rings. The van der Waals surface area contributed by atoms with E-state index in [1.165, 1.54) is 38.5 Å². The Kier molecular flexibility index (Phi) is 7.57. The molecule has 1 amide bonds. The Morgan fingerprint density at radius 1 is 1.02 bits per heavy atom. The first-order chi connectivity index (χ1) is 21.8. The van der Waals surface area contributed by atoms with Crippen molar-refractivity contribution in [1.82, 2.24) is 10.2 Å². The minimum Gasteiger partial charge on any atom is -0.443 e. The summed E-state index contributed by atoms with van der Waals surface area (Å²) in [6.45, 7) is 20.6. The van der Waals surface area contributed by atoms with Gasteiger partial charge in [0.1, 0.15) is 6.10 Å². The number of aliphatic hydroxyl groups is 1. The number of nitrogens with zero attached hydrogens (tertiary/aromatic N) is 1. The molecule has 0 aromatic carbocycles. The van der Waals surface area contributed by atoms with Crippen LogP contribution in [0, 0.1) is 56.7 Å². The molecule has 0 aromatic heterocycles. The van der Waals surface area contributed by atoms with Gasteiger partial charge in [0.2, 0.25) is 0 Å². The molecule has 8 aliphatic rings. The van der Waals surface area contributed by atoms with Crippen molar-refractivity contribution in [2.45, 2.75) is 143 Å². The number of aliphatic hydroxyl groups excluding tert-OH is 1. The molecule has 2 spiro atoms. The summed E-state index contributed by atoms with van der Waals surface area (Å²) in [6.07, 6.45) is 9.16. The zero-order valence-electron chi connectivity index (χ0n) is 29.7. The third-order valence-electron chi connectivity index (χ3n) is 16.3. The van der Waals surface area contributed by atoms with Gasteiger partial charge in [0, 0.05) is 31.6 Å². The Bertz CT molecular complexity index is 1200. The van der Waals surface area contributed by atoms with Gasteiger partial charge in [-0.05, 0) is 109 Å². The summed E-state index contributed by atoms with van der Waals surface area (Å²) in [6, 6.07) is 0. The molecule has 2 N–H and O–H groups in total. The Morgan fingerprint density at radius 2 is 1.76 bits per heavy atom. The minimum atomic E-state index is -0.508. The number of hydrogen-bond acceptors (Lipinski definition) is 7. The van der Waals surface area contributed by atoms with Crippen molar-refractivity contribution in [3.8, 4) is 0 Å². The van der Waals surface area contributed by atoms with E-state index in [-0.39, 0.29) is 59.0 Å². The van der Waals surface area contributed by atoms with Gasteiger partial charge in [-0.2, -0.15) is 0 Å². The van der Waals surface area contributed by atoms with Gasteiger partial charge in [-0.3, -0.25) is 0 Å². The second-order valence-corrected chi connectivity index (χ2v) is 18.6. The lowest BCUT2D eigenvalue weighted by Crippen LogP contribution is -2.60. The summed E-state index contributed by atoms with van der Waals surface area (Å²) in [5.41, 5.74) is 0.614. The lowest BCUT2D eigenvalue weighted by Gasteiger charge is -2.63. The van der Waals surface area contributed by atoms with Crippen LogP contribution in [0.3, 0.4) is 0 Å². The molecule has 5 aliphatic carbocycles. The highest BCUT2D eigenvalue weighted by molar-refractivity contribution is 5.68. The summed E-state index contributed by atoms with van der Waals surface area (Å²) < 4.78 is 25.9. The van der Waals surface area contributed by atoms with Crippen LogP contribution in [-0.2, 0) is 18.9 Å². The lowest BCUT2D eigenvalue weighted by molar-refractivity contribution is -0.237. The first-order valence-electron chi connectivity index (χ1n) is 19.1. The molecule has 8 heteroatoms. The molecule has 8 fully saturated rings. The SMILES string of the molecule is CC(C)[C@@H](OC(=O)N1CCC1)[C@H]1C[C@@H](C)[C@H]2[C@H](O1)[C@H](O)[C@@]1(C)[C@@H]3CC[C@H]4C(C)(C)[C@@H](O[C@H]5CNCCO5)CC[C@@]45C[C@@]35CC[C@]21C. The van der Waals surface area contributed by atoms with E-state index in [0.717, 1.165) is 52.0 Å². The third-order valence-corrected chi connectivity index (χ3v) is 16.3. The predicted octanol–water partition coefficient (Wildman–Crippen LogP) is 6.00. The quantitative estimate of drug-likeness (QED) is 0.381. The second kappa shape index (κ2) is 10.8. The third kappa shape index (κ3) is 4.18. The van der Waals surface area contributed by atoms with Gasteiger partial charge in [-0.25, -0.2) is 4.79 Å². The fraction of sp³-hybridized carbons (Fsp3) is 0.974. The van der Waals surface area contributed by atoms with Crippen molar-refractivity contribution in [3.05, 3.63) is 0 Å². The highest BCUT2D eigenvalue weighted by Crippen LogP contribution is 2.89. The topological polar surface area (TPSA) is 89.5 Å². The fourth-order valence-electron chi connectivity index (χ4n) is 13.9. The maximum atomic E-state index is 12.9. The van der Waals surface area contributed by atoms with Crippen LogP contribution < -0.4 is 5.32 Å². The largest absolute Gasteiger partial charge is 0.443 e. The van der Waals surface area contributed by atoms with Crippen molar-refractivity contribution in [2.24, 2.45) is 56.7 Å². The Hall–Kier alpha value is -0.930. The van der Waals surface area contributed by atoms with Crippen molar-refractivity contribution in [2.75, 3.05) is 32.8 Å². The zero-order chi connectivity index (χ0) is 32.4. The minimum absolute atomic E-state index is 0.0246. The molecule has 0 radical (unpaired) electrons. The van der Waals surface area contributed by atoms with E-state index in [1.807, 2.05) is 0 Å². The average Bonchev–Trinajstić information content (AvgIpc) is 3.61. The Labute approximate surface area is 277 Å². The molecule has 0 unspecified atom stereocenters. The van der Waals surface area contributed by atoms with Gasteiger partial charge in [0.05, 0.1) is 31.0 Å². The number of carbonyl (C=O) groups excluding carboxylic acids is 1. The van der Waals surface area contributed by atoms with Crippen LogP contribution in [0.1, 0.15) is 106 Å². The molecule has 14 atom stereocenters. The van der Waals surface area contributed by atoms with E-state index in [0.29, 0.717) is 34.5 Å². The van der Waals surface area contributed by atoms with E-state index in [4.69, 9.17) is 18.9 Å². The summed E-state index contributed by atoms with van der Waals surface area (Å²) in [5, 5.41) is 16.1. The first kappa shape index (κ1) is 32.3. The first-order valence-corrected chi connectivity index (χ1v) is 19.1. The average molecular weight is 643 g/mol. The summed E-state index contributed by atoms with van der Waals surface area (Å²) in [5.74, 6) is 2.02. The molecular weight excluding hydrogens is 580 g/mol. The van der Waals surface area contributed by atoms with E-state index in [1.54, 1.807) is 4.90 Å². The zero-order valence-corrected chi connectivity index (χ0v) is 29.7. The summed E-state index contributed by atoms with van der Waals surface area (Å²) in [7, 11) is 0. The number of amides is 1.